The van der Waals surface area contributed by atoms with Crippen LogP contribution in [0.5, 0.6) is 5.75 Å². The van der Waals surface area contributed by atoms with Gasteiger partial charge in [0.05, 0.1) is 5.69 Å². The van der Waals surface area contributed by atoms with E-state index in [1.54, 1.807) is 0 Å². The highest BCUT2D eigenvalue weighted by Crippen LogP contribution is 2.31. The first kappa shape index (κ1) is 21.3. The zero-order chi connectivity index (χ0) is 19.3. The molecule has 4 nitrogen and oxygen atoms in total. The van der Waals surface area contributed by atoms with Crippen molar-refractivity contribution in [3.8, 4) is 17.0 Å². The predicted octanol–water partition coefficient (Wildman–Crippen LogP) is 4.81. The van der Waals surface area contributed by atoms with Crippen LogP contribution in [0.1, 0.15) is 6.92 Å². The topological polar surface area (TPSA) is 28.6 Å². The van der Waals surface area contributed by atoms with E-state index in [2.05, 4.69) is 47.1 Å². The maximum Gasteiger partial charge on any atom is 0.137 e. The minimum Gasteiger partial charge on any atom is -0.491 e. The maximum atomic E-state index is 12.3. The second-order valence-corrected chi connectivity index (χ2v) is 7.04. The maximum absolute atomic E-state index is 12.3. The first-order chi connectivity index (χ1) is 13.8. The molecule has 6 heteroatoms. The monoisotopic (exact) mass is 415 g/mol. The molecule has 154 valence electrons. The third kappa shape index (κ3) is 4.80. The van der Waals surface area contributed by atoms with Crippen LogP contribution >= 0.6 is 12.4 Å². The molecule has 29 heavy (non-hydrogen) atoms. The summed E-state index contributed by atoms with van der Waals surface area (Å²) in [7, 11) is 0. The first-order valence-corrected chi connectivity index (χ1v) is 9.95. The molecule has 3 aromatic rings. The van der Waals surface area contributed by atoms with E-state index in [0.717, 1.165) is 49.8 Å². The van der Waals surface area contributed by atoms with Crippen LogP contribution in [0, 0.1) is 0 Å². The molecule has 2 aromatic carbocycles. The number of nitrogens with zero attached hydrogens (tertiary/aromatic N) is 3. The number of benzene rings is 2. The predicted molar refractivity (Wildman–Crippen MR) is 120 cm³/mol. The van der Waals surface area contributed by atoms with Gasteiger partial charge < -0.3 is 14.5 Å². The lowest BCUT2D eigenvalue weighted by atomic mass is 10.1. The van der Waals surface area contributed by atoms with Crippen LogP contribution in [-0.4, -0.2) is 55.9 Å². The Morgan fingerprint density at radius 1 is 1.00 bits per heavy atom. The summed E-state index contributed by atoms with van der Waals surface area (Å²) in [5.74, 6) is 1.74. The number of piperazine rings is 1. The number of hydrogen-bond acceptors (Lipinski definition) is 4. The first-order valence-electron chi connectivity index (χ1n) is 9.95. The average Bonchev–Trinajstić information content (AvgIpc) is 2.77. The van der Waals surface area contributed by atoms with Gasteiger partial charge in [0, 0.05) is 37.1 Å². The Morgan fingerprint density at radius 2 is 1.72 bits per heavy atom. The van der Waals surface area contributed by atoms with Gasteiger partial charge in [-0.25, -0.2) is 9.37 Å². The lowest BCUT2D eigenvalue weighted by Crippen LogP contribution is -2.46. The van der Waals surface area contributed by atoms with E-state index in [1.165, 1.54) is 10.8 Å². The van der Waals surface area contributed by atoms with E-state index in [4.69, 9.17) is 9.72 Å². The summed E-state index contributed by atoms with van der Waals surface area (Å²) in [5, 5.41) is 2.39. The number of ether oxygens (including phenoxy) is 1. The van der Waals surface area contributed by atoms with Crippen LogP contribution < -0.4 is 9.64 Å². The van der Waals surface area contributed by atoms with Crippen LogP contribution in [0.15, 0.2) is 54.6 Å². The lowest BCUT2D eigenvalue weighted by molar-refractivity contribution is 0.271. The van der Waals surface area contributed by atoms with E-state index in [1.807, 2.05) is 24.3 Å². The number of halogens is 2. The third-order valence-electron chi connectivity index (χ3n) is 5.34. The second kappa shape index (κ2) is 9.90. The Hall–Kier alpha value is -2.37. The van der Waals surface area contributed by atoms with Crippen LogP contribution in [0.3, 0.4) is 0 Å². The number of fused-ring (bicyclic) bond motifs is 1. The summed E-state index contributed by atoms with van der Waals surface area (Å²) in [6.45, 7) is 7.02. The molecule has 1 aliphatic rings. The number of hydrogen-bond donors (Lipinski definition) is 0. The third-order valence-corrected chi connectivity index (χ3v) is 5.34. The van der Waals surface area contributed by atoms with Gasteiger partial charge in [-0.05, 0) is 42.3 Å². The van der Waals surface area contributed by atoms with E-state index in [0.29, 0.717) is 5.75 Å². The van der Waals surface area contributed by atoms with Gasteiger partial charge in [-0.2, -0.15) is 0 Å². The molecular weight excluding hydrogens is 389 g/mol. The van der Waals surface area contributed by atoms with Crippen molar-refractivity contribution in [2.75, 3.05) is 50.9 Å². The van der Waals surface area contributed by atoms with Crippen molar-refractivity contribution in [3.05, 3.63) is 54.6 Å². The van der Waals surface area contributed by atoms with E-state index < -0.39 is 6.67 Å². The quantitative estimate of drug-likeness (QED) is 0.577. The zero-order valence-corrected chi connectivity index (χ0v) is 17.5. The van der Waals surface area contributed by atoms with Crippen molar-refractivity contribution in [2.24, 2.45) is 0 Å². The Kier molecular flexibility index (Phi) is 7.29. The molecule has 1 fully saturated rings. The number of alkyl halides is 1. The van der Waals surface area contributed by atoms with Gasteiger partial charge in [0.1, 0.15) is 24.8 Å². The second-order valence-electron chi connectivity index (χ2n) is 7.04. The number of rotatable bonds is 6. The largest absolute Gasteiger partial charge is 0.491 e. The van der Waals surface area contributed by atoms with Crippen molar-refractivity contribution < 1.29 is 9.13 Å². The fourth-order valence-corrected chi connectivity index (χ4v) is 3.72. The van der Waals surface area contributed by atoms with Crippen molar-refractivity contribution >= 4 is 29.0 Å². The molecule has 0 aliphatic carbocycles. The van der Waals surface area contributed by atoms with Gasteiger partial charge in [0.15, 0.2) is 0 Å². The number of pyridine rings is 1. The molecule has 2 heterocycles. The molecule has 0 radical (unpaired) electrons. The standard InChI is InChI=1S/C23H26FN3O.ClH/c1-2-26-12-14-27(15-13-26)23-21-6-4-3-5-19(21)17-22(25-23)18-7-9-20(10-8-18)28-16-11-24;/h3-10,17H,2,11-16H2,1H3;1H. The molecule has 0 bridgehead atoms. The summed E-state index contributed by atoms with van der Waals surface area (Å²) in [4.78, 5) is 9.91. The van der Waals surface area contributed by atoms with Gasteiger partial charge >= 0.3 is 0 Å². The van der Waals surface area contributed by atoms with Gasteiger partial charge in [-0.15, -0.1) is 12.4 Å². The summed E-state index contributed by atoms with van der Waals surface area (Å²) < 4.78 is 17.6. The van der Waals surface area contributed by atoms with Crippen LogP contribution in [-0.2, 0) is 0 Å². The zero-order valence-electron chi connectivity index (χ0n) is 16.7. The van der Waals surface area contributed by atoms with Crippen LogP contribution in [0.2, 0.25) is 0 Å². The normalized spacial score (nSPS) is 14.6. The summed E-state index contributed by atoms with van der Waals surface area (Å²) in [6, 6.07) is 18.3. The molecule has 1 saturated heterocycles. The molecule has 0 amide bonds. The van der Waals surface area contributed by atoms with Gasteiger partial charge in [-0.1, -0.05) is 31.2 Å². The van der Waals surface area contributed by atoms with E-state index >= 15 is 0 Å². The number of aromatic nitrogens is 1. The molecule has 4 rings (SSSR count). The smallest absolute Gasteiger partial charge is 0.137 e. The summed E-state index contributed by atoms with van der Waals surface area (Å²) in [6.07, 6.45) is 0. The van der Waals surface area contributed by atoms with Gasteiger partial charge in [0.25, 0.3) is 0 Å². The molecule has 0 unspecified atom stereocenters. The molecule has 0 spiro atoms. The van der Waals surface area contributed by atoms with E-state index in [-0.39, 0.29) is 19.0 Å². The van der Waals surface area contributed by atoms with Crippen molar-refractivity contribution in [1.82, 2.24) is 9.88 Å². The van der Waals surface area contributed by atoms with Crippen molar-refractivity contribution in [1.29, 1.82) is 0 Å². The van der Waals surface area contributed by atoms with Gasteiger partial charge in [0.2, 0.25) is 0 Å². The van der Waals surface area contributed by atoms with Crippen LogP contribution in [0.25, 0.3) is 22.0 Å². The highest BCUT2D eigenvalue weighted by atomic mass is 35.5. The Morgan fingerprint density at radius 3 is 2.41 bits per heavy atom. The highest BCUT2D eigenvalue weighted by Gasteiger charge is 2.19. The molecular formula is C23H27ClFN3O. The minimum absolute atomic E-state index is 0. The summed E-state index contributed by atoms with van der Waals surface area (Å²) >= 11 is 0. The fraction of sp³-hybridized carbons (Fsp3) is 0.348. The Bertz CT molecular complexity index is 927. The van der Waals surface area contributed by atoms with Crippen molar-refractivity contribution in [3.63, 3.8) is 0 Å². The lowest BCUT2D eigenvalue weighted by Gasteiger charge is -2.35. The SMILES string of the molecule is CCN1CCN(c2nc(-c3ccc(OCCF)cc3)cc3ccccc23)CC1.Cl. The molecule has 0 saturated carbocycles. The minimum atomic E-state index is -0.483. The Labute approximate surface area is 177 Å². The average molecular weight is 416 g/mol. The molecule has 1 aromatic heterocycles. The summed E-state index contributed by atoms with van der Waals surface area (Å²) in [5.41, 5.74) is 1.98. The highest BCUT2D eigenvalue weighted by molar-refractivity contribution is 5.95. The molecule has 1 aliphatic heterocycles. The number of anilines is 1. The van der Waals surface area contributed by atoms with Crippen LogP contribution in [0.4, 0.5) is 10.2 Å². The molecule has 0 atom stereocenters. The van der Waals surface area contributed by atoms with Crippen molar-refractivity contribution in [2.45, 2.75) is 6.92 Å². The number of likely N-dealkylation sites (N-methyl/N-ethyl adjacent to an activating group) is 1. The van der Waals surface area contributed by atoms with E-state index in [9.17, 15) is 4.39 Å². The Balaban J connectivity index is 0.00000240. The van der Waals surface area contributed by atoms with Gasteiger partial charge in [-0.3, -0.25) is 0 Å². The molecule has 0 N–H and O–H groups in total. The fourth-order valence-electron chi connectivity index (χ4n) is 3.72.